The Labute approximate surface area is 146 Å². The van der Waals surface area contributed by atoms with Crippen LogP contribution in [0, 0.1) is 6.92 Å². The SMILES string of the molecule is CNc1nc(C)cc(C(=O)N2C[C@H](O)C[C@@H]2c2cccc(OC)c2)n1. The molecule has 1 aliphatic rings. The number of aliphatic hydroxyl groups excluding tert-OH is 1. The van der Waals surface area contributed by atoms with E-state index in [-0.39, 0.29) is 18.5 Å². The minimum Gasteiger partial charge on any atom is -0.497 e. The van der Waals surface area contributed by atoms with Gasteiger partial charge < -0.3 is 20.1 Å². The maximum absolute atomic E-state index is 13.0. The summed E-state index contributed by atoms with van der Waals surface area (Å²) in [5.41, 5.74) is 1.96. The third kappa shape index (κ3) is 3.56. The van der Waals surface area contributed by atoms with Gasteiger partial charge in [0.25, 0.3) is 5.91 Å². The number of nitrogens with zero attached hydrogens (tertiary/aromatic N) is 3. The predicted molar refractivity (Wildman–Crippen MR) is 93.7 cm³/mol. The van der Waals surface area contributed by atoms with Crippen molar-refractivity contribution < 1.29 is 14.6 Å². The first-order valence-corrected chi connectivity index (χ1v) is 8.18. The molecule has 3 rings (SSSR count). The summed E-state index contributed by atoms with van der Waals surface area (Å²) in [7, 11) is 3.32. The number of aliphatic hydroxyl groups is 1. The molecule has 7 nitrogen and oxygen atoms in total. The Morgan fingerprint density at radius 1 is 1.36 bits per heavy atom. The van der Waals surface area contributed by atoms with Gasteiger partial charge in [-0.05, 0) is 37.1 Å². The molecule has 1 aliphatic heterocycles. The maximum Gasteiger partial charge on any atom is 0.273 e. The fourth-order valence-electron chi connectivity index (χ4n) is 3.14. The van der Waals surface area contributed by atoms with E-state index in [9.17, 15) is 9.90 Å². The van der Waals surface area contributed by atoms with Gasteiger partial charge in [0, 0.05) is 19.3 Å². The smallest absolute Gasteiger partial charge is 0.273 e. The zero-order valence-electron chi connectivity index (χ0n) is 14.6. The summed E-state index contributed by atoms with van der Waals surface area (Å²) < 4.78 is 5.27. The first-order chi connectivity index (χ1) is 12.0. The van der Waals surface area contributed by atoms with E-state index in [4.69, 9.17) is 4.74 Å². The van der Waals surface area contributed by atoms with Crippen molar-refractivity contribution in [2.24, 2.45) is 0 Å². The standard InChI is InChI=1S/C18H22N4O3/c1-11-7-15(21-18(19-2)20-11)17(24)22-10-13(23)9-16(22)12-5-4-6-14(8-12)25-3/h4-8,13,16,23H,9-10H2,1-3H3,(H,19,20,21)/t13-,16-/m1/s1. The van der Waals surface area contributed by atoms with Gasteiger partial charge in [-0.2, -0.15) is 0 Å². The highest BCUT2D eigenvalue weighted by Gasteiger charge is 2.36. The van der Waals surface area contributed by atoms with Gasteiger partial charge in [0.2, 0.25) is 5.95 Å². The summed E-state index contributed by atoms with van der Waals surface area (Å²) in [5, 5.41) is 13.0. The van der Waals surface area contributed by atoms with Crippen molar-refractivity contribution in [2.45, 2.75) is 25.5 Å². The number of nitrogens with one attached hydrogen (secondary N) is 1. The molecule has 7 heteroatoms. The highest BCUT2D eigenvalue weighted by Crippen LogP contribution is 2.34. The highest BCUT2D eigenvalue weighted by atomic mass is 16.5. The number of carbonyl (C=O) groups is 1. The van der Waals surface area contributed by atoms with Crippen LogP contribution in [0.1, 0.15) is 34.2 Å². The second kappa shape index (κ2) is 7.06. The van der Waals surface area contributed by atoms with E-state index in [2.05, 4.69) is 15.3 Å². The number of aromatic nitrogens is 2. The summed E-state index contributed by atoms with van der Waals surface area (Å²) in [6.07, 6.45) is -0.0751. The zero-order chi connectivity index (χ0) is 18.0. The molecule has 1 fully saturated rings. The molecule has 0 bridgehead atoms. The Morgan fingerprint density at radius 3 is 2.88 bits per heavy atom. The van der Waals surface area contributed by atoms with Crippen molar-refractivity contribution >= 4 is 11.9 Å². The number of β-amino-alcohol motifs (C(OH)–C–C–N with tert-alkyl or cyclic N) is 1. The van der Waals surface area contributed by atoms with Gasteiger partial charge in [0.05, 0.1) is 19.3 Å². The van der Waals surface area contributed by atoms with E-state index in [1.807, 2.05) is 31.2 Å². The fraction of sp³-hybridized carbons (Fsp3) is 0.389. The molecule has 1 aromatic carbocycles. The molecule has 2 N–H and O–H groups in total. The fourth-order valence-corrected chi connectivity index (χ4v) is 3.14. The molecule has 0 spiro atoms. The van der Waals surface area contributed by atoms with Crippen LogP contribution in [0.2, 0.25) is 0 Å². The number of rotatable bonds is 4. The van der Waals surface area contributed by atoms with Crippen LogP contribution in [0.15, 0.2) is 30.3 Å². The van der Waals surface area contributed by atoms with Crippen LogP contribution in [0.4, 0.5) is 5.95 Å². The van der Waals surface area contributed by atoms with Gasteiger partial charge in [-0.1, -0.05) is 12.1 Å². The Bertz CT molecular complexity index is 781. The van der Waals surface area contributed by atoms with E-state index in [1.165, 1.54) is 0 Å². The van der Waals surface area contributed by atoms with Crippen LogP contribution >= 0.6 is 0 Å². The number of hydrogen-bond acceptors (Lipinski definition) is 6. The molecule has 2 atom stereocenters. The number of carbonyl (C=O) groups excluding carboxylic acids is 1. The van der Waals surface area contributed by atoms with Crippen molar-refractivity contribution in [3.8, 4) is 5.75 Å². The molecule has 0 saturated carbocycles. The first-order valence-electron chi connectivity index (χ1n) is 8.18. The van der Waals surface area contributed by atoms with Crippen LogP contribution < -0.4 is 10.1 Å². The minimum atomic E-state index is -0.563. The lowest BCUT2D eigenvalue weighted by Gasteiger charge is -2.25. The normalized spacial score (nSPS) is 19.8. The topological polar surface area (TPSA) is 87.6 Å². The van der Waals surface area contributed by atoms with Crippen molar-refractivity contribution in [3.05, 3.63) is 47.3 Å². The summed E-state index contributed by atoms with van der Waals surface area (Å²) in [6, 6.07) is 9.02. The van der Waals surface area contributed by atoms with Crippen LogP contribution in [0.25, 0.3) is 0 Å². The molecular formula is C18H22N4O3. The second-order valence-corrected chi connectivity index (χ2v) is 6.11. The molecule has 1 aromatic heterocycles. The predicted octanol–water partition coefficient (Wildman–Crippen LogP) is 1.78. The second-order valence-electron chi connectivity index (χ2n) is 6.11. The number of hydrogen-bond donors (Lipinski definition) is 2. The van der Waals surface area contributed by atoms with Gasteiger partial charge in [-0.25, -0.2) is 9.97 Å². The van der Waals surface area contributed by atoms with Crippen LogP contribution in [0.5, 0.6) is 5.75 Å². The molecule has 1 amide bonds. The summed E-state index contributed by atoms with van der Waals surface area (Å²) in [5.74, 6) is 0.911. The number of amides is 1. The average molecular weight is 342 g/mol. The summed E-state index contributed by atoms with van der Waals surface area (Å²) in [6.45, 7) is 2.09. The average Bonchev–Trinajstić information content (AvgIpc) is 3.02. The van der Waals surface area contributed by atoms with E-state index < -0.39 is 6.10 Å². The van der Waals surface area contributed by atoms with Gasteiger partial charge in [-0.3, -0.25) is 4.79 Å². The number of anilines is 1. The van der Waals surface area contributed by atoms with Gasteiger partial charge in [-0.15, -0.1) is 0 Å². The number of likely N-dealkylation sites (tertiary alicyclic amines) is 1. The molecule has 132 valence electrons. The summed E-state index contributed by atoms with van der Waals surface area (Å²) in [4.78, 5) is 23.2. The molecule has 25 heavy (non-hydrogen) atoms. The molecule has 0 aliphatic carbocycles. The van der Waals surface area contributed by atoms with Crippen LogP contribution in [-0.4, -0.2) is 52.7 Å². The number of aryl methyl sites for hydroxylation is 1. The lowest BCUT2D eigenvalue weighted by molar-refractivity contribution is 0.0709. The quantitative estimate of drug-likeness (QED) is 0.881. The third-order valence-electron chi connectivity index (χ3n) is 4.32. The van der Waals surface area contributed by atoms with E-state index >= 15 is 0 Å². The molecule has 2 aromatic rings. The van der Waals surface area contributed by atoms with Gasteiger partial charge >= 0.3 is 0 Å². The van der Waals surface area contributed by atoms with Crippen molar-refractivity contribution in [1.29, 1.82) is 0 Å². The van der Waals surface area contributed by atoms with E-state index in [0.29, 0.717) is 23.8 Å². The van der Waals surface area contributed by atoms with Crippen molar-refractivity contribution in [2.75, 3.05) is 26.0 Å². The Balaban J connectivity index is 1.93. The Kier molecular flexibility index (Phi) is 4.85. The largest absolute Gasteiger partial charge is 0.497 e. The molecule has 2 heterocycles. The van der Waals surface area contributed by atoms with E-state index in [0.717, 1.165) is 11.3 Å². The van der Waals surface area contributed by atoms with Gasteiger partial charge in [0.1, 0.15) is 11.4 Å². The number of methoxy groups -OCH3 is 1. The van der Waals surface area contributed by atoms with E-state index in [1.54, 1.807) is 25.1 Å². The lowest BCUT2D eigenvalue weighted by atomic mass is 10.0. The lowest BCUT2D eigenvalue weighted by Crippen LogP contribution is -2.32. The van der Waals surface area contributed by atoms with Crippen molar-refractivity contribution in [1.82, 2.24) is 14.9 Å². The van der Waals surface area contributed by atoms with Gasteiger partial charge in [0.15, 0.2) is 0 Å². The molecule has 0 radical (unpaired) electrons. The van der Waals surface area contributed by atoms with Crippen molar-refractivity contribution in [3.63, 3.8) is 0 Å². The van der Waals surface area contributed by atoms with Crippen LogP contribution in [-0.2, 0) is 0 Å². The zero-order valence-corrected chi connectivity index (χ0v) is 14.6. The summed E-state index contributed by atoms with van der Waals surface area (Å²) >= 11 is 0. The number of ether oxygens (including phenoxy) is 1. The minimum absolute atomic E-state index is 0.216. The number of benzene rings is 1. The maximum atomic E-state index is 13.0. The Hall–Kier alpha value is -2.67. The first kappa shape index (κ1) is 17.2. The molecule has 0 unspecified atom stereocenters. The Morgan fingerprint density at radius 2 is 2.16 bits per heavy atom. The molecular weight excluding hydrogens is 320 g/mol. The van der Waals surface area contributed by atoms with Crippen LogP contribution in [0.3, 0.4) is 0 Å². The highest BCUT2D eigenvalue weighted by molar-refractivity contribution is 5.93. The third-order valence-corrected chi connectivity index (χ3v) is 4.32. The monoisotopic (exact) mass is 342 g/mol. The molecule has 1 saturated heterocycles.